The number of fused-ring (bicyclic) bond motifs is 1. The number of rotatable bonds is 2. The van der Waals surface area contributed by atoms with E-state index in [4.69, 9.17) is 0 Å². The summed E-state index contributed by atoms with van der Waals surface area (Å²) < 4.78 is 1.42. The fraction of sp³-hybridized carbons (Fsp3) is 0.250. The van der Waals surface area contributed by atoms with Gasteiger partial charge in [0.1, 0.15) is 6.33 Å². The van der Waals surface area contributed by atoms with Gasteiger partial charge >= 0.3 is 0 Å². The number of thioether (sulfide) groups is 1. The second-order valence-electron chi connectivity index (χ2n) is 2.54. The Bertz CT molecular complexity index is 473. The van der Waals surface area contributed by atoms with Crippen LogP contribution in [0, 0.1) is 0 Å². The number of H-pyrrole nitrogens is 1. The molecule has 68 valence electrons. The molecule has 2 aromatic rings. The molecule has 0 atom stereocenters. The van der Waals surface area contributed by atoms with Gasteiger partial charge in [0.25, 0.3) is 5.56 Å². The van der Waals surface area contributed by atoms with Crippen molar-refractivity contribution >= 4 is 17.4 Å². The van der Waals surface area contributed by atoms with E-state index in [0.717, 1.165) is 10.6 Å². The maximum atomic E-state index is 11.4. The smallest absolute Gasteiger partial charge is 0.272 e. The van der Waals surface area contributed by atoms with E-state index in [9.17, 15) is 4.79 Å². The van der Waals surface area contributed by atoms with Crippen molar-refractivity contribution in [3.05, 3.63) is 28.8 Å². The zero-order valence-corrected chi connectivity index (χ0v) is 7.97. The van der Waals surface area contributed by atoms with Gasteiger partial charge in [-0.25, -0.2) is 9.50 Å². The molecule has 0 fully saturated rings. The zero-order valence-electron chi connectivity index (χ0n) is 7.15. The van der Waals surface area contributed by atoms with E-state index in [1.807, 2.05) is 6.07 Å². The van der Waals surface area contributed by atoms with Crippen molar-refractivity contribution in [3.8, 4) is 0 Å². The Morgan fingerprint density at radius 3 is 3.23 bits per heavy atom. The SMILES string of the molecule is CCSc1cc(=O)n2[nH]cnc2c1. The van der Waals surface area contributed by atoms with Crippen LogP contribution in [-0.2, 0) is 0 Å². The molecule has 13 heavy (non-hydrogen) atoms. The van der Waals surface area contributed by atoms with Crippen LogP contribution in [0.2, 0.25) is 0 Å². The molecule has 0 radical (unpaired) electrons. The molecule has 2 aromatic heterocycles. The molecule has 1 N–H and O–H groups in total. The summed E-state index contributed by atoms with van der Waals surface area (Å²) in [5.74, 6) is 0.958. The van der Waals surface area contributed by atoms with E-state index < -0.39 is 0 Å². The number of aromatic amines is 1. The monoisotopic (exact) mass is 195 g/mol. The van der Waals surface area contributed by atoms with Crippen molar-refractivity contribution in [3.63, 3.8) is 0 Å². The summed E-state index contributed by atoms with van der Waals surface area (Å²) in [6.45, 7) is 2.05. The first-order valence-corrected chi connectivity index (χ1v) is 4.99. The Kier molecular flexibility index (Phi) is 2.10. The van der Waals surface area contributed by atoms with Gasteiger partial charge in [-0.2, -0.15) is 0 Å². The summed E-state index contributed by atoms with van der Waals surface area (Å²) >= 11 is 1.64. The van der Waals surface area contributed by atoms with Crippen molar-refractivity contribution in [2.75, 3.05) is 5.75 Å². The summed E-state index contributed by atoms with van der Waals surface area (Å²) in [5.41, 5.74) is 0.606. The van der Waals surface area contributed by atoms with Crippen LogP contribution in [0.5, 0.6) is 0 Å². The quantitative estimate of drug-likeness (QED) is 0.731. The minimum Gasteiger partial charge on any atom is -0.279 e. The number of hydrogen-bond acceptors (Lipinski definition) is 3. The lowest BCUT2D eigenvalue weighted by Gasteiger charge is -1.97. The number of aromatic nitrogens is 3. The summed E-state index contributed by atoms with van der Waals surface area (Å²) in [4.78, 5) is 16.4. The van der Waals surface area contributed by atoms with Crippen LogP contribution in [-0.4, -0.2) is 20.4 Å². The molecule has 5 heteroatoms. The third-order valence-corrected chi connectivity index (χ3v) is 2.54. The molecule has 0 saturated heterocycles. The Morgan fingerprint density at radius 2 is 2.46 bits per heavy atom. The van der Waals surface area contributed by atoms with E-state index in [2.05, 4.69) is 17.0 Å². The molecule has 0 aromatic carbocycles. The van der Waals surface area contributed by atoms with Crippen LogP contribution in [0.4, 0.5) is 0 Å². The first-order chi connectivity index (χ1) is 6.31. The van der Waals surface area contributed by atoms with Gasteiger partial charge in [-0.1, -0.05) is 6.92 Å². The van der Waals surface area contributed by atoms with Gasteiger partial charge in [0.2, 0.25) is 0 Å². The highest BCUT2D eigenvalue weighted by atomic mass is 32.2. The minimum atomic E-state index is -0.0639. The molecule has 0 unspecified atom stereocenters. The molecular weight excluding hydrogens is 186 g/mol. The molecule has 0 aliphatic heterocycles. The maximum Gasteiger partial charge on any atom is 0.272 e. The Labute approximate surface area is 79.0 Å². The van der Waals surface area contributed by atoms with Crippen molar-refractivity contribution in [2.24, 2.45) is 0 Å². The lowest BCUT2D eigenvalue weighted by atomic mass is 10.5. The van der Waals surface area contributed by atoms with Crippen LogP contribution in [0.1, 0.15) is 6.92 Å². The lowest BCUT2D eigenvalue weighted by molar-refractivity contribution is 0.911. The predicted octanol–water partition coefficient (Wildman–Crippen LogP) is 1.13. The highest BCUT2D eigenvalue weighted by Gasteiger charge is 2.00. The zero-order chi connectivity index (χ0) is 9.26. The topological polar surface area (TPSA) is 50.2 Å². The molecule has 4 nitrogen and oxygen atoms in total. The normalized spacial score (nSPS) is 10.8. The molecule has 0 aliphatic rings. The van der Waals surface area contributed by atoms with Crippen LogP contribution in [0.15, 0.2) is 28.2 Å². The highest BCUT2D eigenvalue weighted by Crippen LogP contribution is 2.15. The Balaban J connectivity index is 2.63. The first-order valence-electron chi connectivity index (χ1n) is 4.00. The maximum absolute atomic E-state index is 11.4. The van der Waals surface area contributed by atoms with Gasteiger partial charge in [0.15, 0.2) is 5.65 Å². The number of nitrogens with one attached hydrogen (secondary N) is 1. The highest BCUT2D eigenvalue weighted by molar-refractivity contribution is 7.99. The summed E-state index contributed by atoms with van der Waals surface area (Å²) in [7, 11) is 0. The minimum absolute atomic E-state index is 0.0639. The van der Waals surface area contributed by atoms with Crippen LogP contribution < -0.4 is 5.56 Å². The van der Waals surface area contributed by atoms with Gasteiger partial charge in [0.05, 0.1) is 0 Å². The number of nitrogens with zero attached hydrogens (tertiary/aromatic N) is 2. The average Bonchev–Trinajstić information content (AvgIpc) is 2.53. The van der Waals surface area contributed by atoms with Crippen molar-refractivity contribution in [1.82, 2.24) is 14.6 Å². The van der Waals surface area contributed by atoms with Crippen molar-refractivity contribution in [2.45, 2.75) is 11.8 Å². The second kappa shape index (κ2) is 3.26. The van der Waals surface area contributed by atoms with Gasteiger partial charge in [-0.15, -0.1) is 11.8 Å². The summed E-state index contributed by atoms with van der Waals surface area (Å²) in [5, 5.41) is 2.74. The van der Waals surface area contributed by atoms with Gasteiger partial charge in [0, 0.05) is 11.0 Å². The predicted molar refractivity (Wildman–Crippen MR) is 52.2 cm³/mol. The van der Waals surface area contributed by atoms with Crippen molar-refractivity contribution < 1.29 is 0 Å². The standard InChI is InChI=1S/C8H9N3OS/c1-2-13-6-3-7-9-5-10-11(7)8(12)4-6/h3-5H,2H2,1H3,(H,9,10). The third-order valence-electron chi connectivity index (χ3n) is 1.68. The van der Waals surface area contributed by atoms with E-state index in [-0.39, 0.29) is 5.56 Å². The van der Waals surface area contributed by atoms with Crippen LogP contribution in [0.3, 0.4) is 0 Å². The molecule has 2 heterocycles. The van der Waals surface area contributed by atoms with Gasteiger partial charge in [-0.05, 0) is 11.8 Å². The third kappa shape index (κ3) is 1.47. The molecule has 0 saturated carbocycles. The van der Waals surface area contributed by atoms with E-state index in [0.29, 0.717) is 5.65 Å². The van der Waals surface area contributed by atoms with Gasteiger partial charge in [-0.3, -0.25) is 9.89 Å². The number of hydrogen-bond donors (Lipinski definition) is 1. The molecule has 2 rings (SSSR count). The molecule has 0 spiro atoms. The van der Waals surface area contributed by atoms with E-state index in [1.165, 1.54) is 10.8 Å². The lowest BCUT2D eigenvalue weighted by Crippen LogP contribution is -2.12. The fourth-order valence-electron chi connectivity index (χ4n) is 1.16. The van der Waals surface area contributed by atoms with Crippen molar-refractivity contribution in [1.29, 1.82) is 0 Å². The first kappa shape index (κ1) is 8.37. The average molecular weight is 195 g/mol. The van der Waals surface area contributed by atoms with Crippen LogP contribution in [0.25, 0.3) is 5.65 Å². The van der Waals surface area contributed by atoms with E-state index >= 15 is 0 Å². The van der Waals surface area contributed by atoms with Crippen LogP contribution >= 0.6 is 11.8 Å². The molecule has 0 aliphatic carbocycles. The number of pyridine rings is 1. The summed E-state index contributed by atoms with van der Waals surface area (Å²) in [6.07, 6.45) is 1.51. The molecular formula is C8H9N3OS. The fourth-order valence-corrected chi connectivity index (χ4v) is 1.87. The second-order valence-corrected chi connectivity index (χ2v) is 3.88. The Hall–Kier alpha value is -1.23. The van der Waals surface area contributed by atoms with E-state index in [1.54, 1.807) is 17.8 Å². The van der Waals surface area contributed by atoms with Gasteiger partial charge < -0.3 is 0 Å². The largest absolute Gasteiger partial charge is 0.279 e. The molecule has 0 bridgehead atoms. The molecule has 0 amide bonds. The summed E-state index contributed by atoms with van der Waals surface area (Å²) in [6, 6.07) is 3.51. The Morgan fingerprint density at radius 1 is 1.62 bits per heavy atom.